The first-order chi connectivity index (χ1) is 6.24. The molecule has 1 aromatic rings. The van der Waals surface area contributed by atoms with Crippen molar-refractivity contribution in [1.82, 2.24) is 10.3 Å². The van der Waals surface area contributed by atoms with Crippen LogP contribution in [0.15, 0.2) is 31.0 Å². The monoisotopic (exact) mass is 177 g/mol. The minimum absolute atomic E-state index is 0.222. The minimum Gasteiger partial charge on any atom is -0.397 e. The van der Waals surface area contributed by atoms with E-state index in [1.807, 2.05) is 0 Å². The molecular formula is C9H11N3O. The van der Waals surface area contributed by atoms with Gasteiger partial charge < -0.3 is 11.1 Å². The normalized spacial score (nSPS) is 9.23. The quantitative estimate of drug-likeness (QED) is 0.663. The molecule has 0 aromatic carbocycles. The molecule has 0 unspecified atom stereocenters. The molecule has 0 saturated heterocycles. The summed E-state index contributed by atoms with van der Waals surface area (Å²) in [6, 6.07) is 3.21. The van der Waals surface area contributed by atoms with E-state index in [0.717, 1.165) is 0 Å². The molecule has 0 bridgehead atoms. The number of carbonyl (C=O) groups excluding carboxylic acids is 1. The van der Waals surface area contributed by atoms with Gasteiger partial charge in [0, 0.05) is 6.54 Å². The van der Waals surface area contributed by atoms with Crippen LogP contribution in [-0.2, 0) is 0 Å². The lowest BCUT2D eigenvalue weighted by molar-refractivity contribution is 0.0953. The van der Waals surface area contributed by atoms with Crippen LogP contribution in [0.1, 0.15) is 10.5 Å². The maximum absolute atomic E-state index is 11.3. The van der Waals surface area contributed by atoms with Gasteiger partial charge in [-0.2, -0.15) is 0 Å². The largest absolute Gasteiger partial charge is 0.397 e. The van der Waals surface area contributed by atoms with E-state index in [9.17, 15) is 4.79 Å². The van der Waals surface area contributed by atoms with Crippen LogP contribution in [0.25, 0.3) is 0 Å². The SMILES string of the molecule is C=CCNC(=O)c1ccc(N)cn1. The molecule has 4 heteroatoms. The Hall–Kier alpha value is -1.84. The van der Waals surface area contributed by atoms with Crippen molar-refractivity contribution in [3.8, 4) is 0 Å². The molecule has 4 nitrogen and oxygen atoms in total. The van der Waals surface area contributed by atoms with E-state index < -0.39 is 0 Å². The van der Waals surface area contributed by atoms with Crippen LogP contribution >= 0.6 is 0 Å². The second-order valence-electron chi connectivity index (χ2n) is 2.48. The Bertz CT molecular complexity index is 305. The zero-order chi connectivity index (χ0) is 9.68. The summed E-state index contributed by atoms with van der Waals surface area (Å²) in [6.07, 6.45) is 3.05. The Morgan fingerprint density at radius 3 is 3.00 bits per heavy atom. The van der Waals surface area contributed by atoms with Gasteiger partial charge in [-0.05, 0) is 12.1 Å². The molecule has 3 N–H and O–H groups in total. The Labute approximate surface area is 76.5 Å². The summed E-state index contributed by atoms with van der Waals surface area (Å²) in [7, 11) is 0. The number of hydrogen-bond acceptors (Lipinski definition) is 3. The lowest BCUT2D eigenvalue weighted by atomic mass is 10.3. The van der Waals surface area contributed by atoms with Gasteiger partial charge in [-0.3, -0.25) is 4.79 Å². The van der Waals surface area contributed by atoms with Gasteiger partial charge in [-0.25, -0.2) is 4.98 Å². The summed E-state index contributed by atoms with van der Waals surface area (Å²) < 4.78 is 0. The highest BCUT2D eigenvalue weighted by atomic mass is 16.1. The molecule has 1 aromatic heterocycles. The number of carbonyl (C=O) groups is 1. The Morgan fingerprint density at radius 1 is 1.69 bits per heavy atom. The fraction of sp³-hybridized carbons (Fsp3) is 0.111. The number of pyridine rings is 1. The van der Waals surface area contributed by atoms with Gasteiger partial charge in [0.25, 0.3) is 5.91 Å². The van der Waals surface area contributed by atoms with Gasteiger partial charge in [0.2, 0.25) is 0 Å². The third kappa shape index (κ3) is 2.59. The minimum atomic E-state index is -0.222. The van der Waals surface area contributed by atoms with Gasteiger partial charge in [0.1, 0.15) is 5.69 Å². The first kappa shape index (κ1) is 9.25. The van der Waals surface area contributed by atoms with Crippen LogP contribution in [-0.4, -0.2) is 17.4 Å². The van der Waals surface area contributed by atoms with Crippen LogP contribution in [0, 0.1) is 0 Å². The van der Waals surface area contributed by atoms with Crippen molar-refractivity contribution >= 4 is 11.6 Å². The molecule has 0 aliphatic carbocycles. The zero-order valence-electron chi connectivity index (χ0n) is 7.16. The van der Waals surface area contributed by atoms with Gasteiger partial charge in [-0.1, -0.05) is 6.08 Å². The molecule has 1 amide bonds. The van der Waals surface area contributed by atoms with Crippen molar-refractivity contribution in [2.75, 3.05) is 12.3 Å². The smallest absolute Gasteiger partial charge is 0.270 e. The third-order valence-electron chi connectivity index (χ3n) is 1.43. The molecule has 0 radical (unpaired) electrons. The summed E-state index contributed by atoms with van der Waals surface area (Å²) >= 11 is 0. The number of nitrogen functional groups attached to an aromatic ring is 1. The van der Waals surface area contributed by atoms with Crippen molar-refractivity contribution in [2.45, 2.75) is 0 Å². The van der Waals surface area contributed by atoms with Gasteiger partial charge in [-0.15, -0.1) is 6.58 Å². The van der Waals surface area contributed by atoms with E-state index in [1.54, 1.807) is 18.2 Å². The first-order valence-electron chi connectivity index (χ1n) is 3.84. The molecule has 1 rings (SSSR count). The second kappa shape index (κ2) is 4.25. The van der Waals surface area contributed by atoms with Crippen molar-refractivity contribution in [1.29, 1.82) is 0 Å². The summed E-state index contributed by atoms with van der Waals surface area (Å²) in [5.41, 5.74) is 6.32. The number of amides is 1. The Morgan fingerprint density at radius 2 is 2.46 bits per heavy atom. The summed E-state index contributed by atoms with van der Waals surface area (Å²) in [5.74, 6) is -0.222. The van der Waals surface area contributed by atoms with E-state index >= 15 is 0 Å². The Balaban J connectivity index is 2.66. The number of anilines is 1. The highest BCUT2D eigenvalue weighted by molar-refractivity contribution is 5.92. The lowest BCUT2D eigenvalue weighted by Crippen LogP contribution is -2.24. The molecule has 0 aliphatic heterocycles. The van der Waals surface area contributed by atoms with Crippen molar-refractivity contribution in [3.05, 3.63) is 36.7 Å². The predicted molar refractivity (Wildman–Crippen MR) is 51.2 cm³/mol. The van der Waals surface area contributed by atoms with E-state index in [0.29, 0.717) is 17.9 Å². The number of nitrogens with two attached hydrogens (primary N) is 1. The lowest BCUT2D eigenvalue weighted by Gasteiger charge is -2.00. The number of rotatable bonds is 3. The van der Waals surface area contributed by atoms with Crippen LogP contribution in [0.3, 0.4) is 0 Å². The molecule has 0 aliphatic rings. The molecule has 68 valence electrons. The molecule has 1 heterocycles. The number of aromatic nitrogens is 1. The fourth-order valence-corrected chi connectivity index (χ4v) is 0.795. The Kier molecular flexibility index (Phi) is 3.03. The molecule has 0 saturated carbocycles. The van der Waals surface area contributed by atoms with Crippen LogP contribution in [0.4, 0.5) is 5.69 Å². The fourth-order valence-electron chi connectivity index (χ4n) is 0.795. The topological polar surface area (TPSA) is 68.0 Å². The predicted octanol–water partition coefficient (Wildman–Crippen LogP) is 0.580. The summed E-state index contributed by atoms with van der Waals surface area (Å²) in [6.45, 7) is 3.92. The van der Waals surface area contributed by atoms with Gasteiger partial charge in [0.05, 0.1) is 11.9 Å². The molecule has 0 atom stereocenters. The van der Waals surface area contributed by atoms with Crippen LogP contribution < -0.4 is 11.1 Å². The third-order valence-corrected chi connectivity index (χ3v) is 1.43. The number of hydrogen-bond donors (Lipinski definition) is 2. The standard InChI is InChI=1S/C9H11N3O/c1-2-5-11-9(13)8-4-3-7(10)6-12-8/h2-4,6H,1,5,10H2,(H,11,13). The highest BCUT2D eigenvalue weighted by Gasteiger charge is 2.03. The van der Waals surface area contributed by atoms with E-state index in [1.165, 1.54) is 6.20 Å². The average molecular weight is 177 g/mol. The van der Waals surface area contributed by atoms with Gasteiger partial charge >= 0.3 is 0 Å². The summed E-state index contributed by atoms with van der Waals surface area (Å²) in [5, 5.41) is 2.61. The molecular weight excluding hydrogens is 166 g/mol. The van der Waals surface area contributed by atoms with Crippen molar-refractivity contribution < 1.29 is 4.79 Å². The maximum Gasteiger partial charge on any atom is 0.270 e. The highest BCUT2D eigenvalue weighted by Crippen LogP contribution is 2.00. The molecule has 0 spiro atoms. The average Bonchev–Trinajstić information content (AvgIpc) is 2.15. The van der Waals surface area contributed by atoms with Crippen molar-refractivity contribution in [2.24, 2.45) is 0 Å². The molecule has 0 fully saturated rings. The number of nitrogens with zero attached hydrogens (tertiary/aromatic N) is 1. The van der Waals surface area contributed by atoms with Crippen LogP contribution in [0.5, 0.6) is 0 Å². The second-order valence-corrected chi connectivity index (χ2v) is 2.48. The first-order valence-corrected chi connectivity index (χ1v) is 3.84. The van der Waals surface area contributed by atoms with E-state index in [4.69, 9.17) is 5.73 Å². The maximum atomic E-state index is 11.3. The molecule has 13 heavy (non-hydrogen) atoms. The van der Waals surface area contributed by atoms with E-state index in [2.05, 4.69) is 16.9 Å². The van der Waals surface area contributed by atoms with Gasteiger partial charge in [0.15, 0.2) is 0 Å². The summed E-state index contributed by atoms with van der Waals surface area (Å²) in [4.78, 5) is 15.1. The van der Waals surface area contributed by atoms with Crippen molar-refractivity contribution in [3.63, 3.8) is 0 Å². The number of nitrogens with one attached hydrogen (secondary N) is 1. The zero-order valence-corrected chi connectivity index (χ0v) is 7.16. The van der Waals surface area contributed by atoms with Crippen LogP contribution in [0.2, 0.25) is 0 Å². The van der Waals surface area contributed by atoms with E-state index in [-0.39, 0.29) is 5.91 Å².